The normalized spacial score (nSPS) is 11.6. The summed E-state index contributed by atoms with van der Waals surface area (Å²) in [5.74, 6) is 0.423. The van der Waals surface area contributed by atoms with Crippen molar-refractivity contribution in [1.29, 1.82) is 0 Å². The Kier molecular flexibility index (Phi) is 2.95. The first-order chi connectivity index (χ1) is 11.1. The van der Waals surface area contributed by atoms with Gasteiger partial charge in [-0.2, -0.15) is 9.61 Å². The van der Waals surface area contributed by atoms with Crippen molar-refractivity contribution >= 4 is 28.9 Å². The van der Waals surface area contributed by atoms with Gasteiger partial charge >= 0.3 is 0 Å². The molecule has 4 aromatic rings. The predicted molar refractivity (Wildman–Crippen MR) is 90.0 cm³/mol. The van der Waals surface area contributed by atoms with Crippen molar-refractivity contribution in [2.45, 2.75) is 13.5 Å². The lowest BCUT2D eigenvalue weighted by Crippen LogP contribution is -2.25. The Morgan fingerprint density at radius 3 is 2.87 bits per heavy atom. The van der Waals surface area contributed by atoms with E-state index in [-0.39, 0.29) is 5.56 Å². The molecule has 0 unspecified atom stereocenters. The third-order valence-electron chi connectivity index (χ3n) is 3.99. The summed E-state index contributed by atoms with van der Waals surface area (Å²) in [6.07, 6.45) is 1.92. The Balaban J connectivity index is 2.17. The highest BCUT2D eigenvalue weighted by atomic mass is 32.1. The van der Waals surface area contributed by atoms with Crippen LogP contribution in [0.15, 0.2) is 35.3 Å². The molecule has 0 radical (unpaired) electrons. The van der Waals surface area contributed by atoms with Crippen LogP contribution in [0.3, 0.4) is 0 Å². The van der Waals surface area contributed by atoms with Gasteiger partial charge in [0.05, 0.1) is 0 Å². The molecule has 0 saturated carbocycles. The van der Waals surface area contributed by atoms with Gasteiger partial charge in [-0.05, 0) is 25.2 Å². The van der Waals surface area contributed by atoms with Gasteiger partial charge in [-0.25, -0.2) is 5.10 Å². The van der Waals surface area contributed by atoms with E-state index < -0.39 is 0 Å². The van der Waals surface area contributed by atoms with Gasteiger partial charge in [-0.1, -0.05) is 18.2 Å². The molecule has 0 aliphatic rings. The topological polar surface area (TPSA) is 72.9 Å². The van der Waals surface area contributed by atoms with Crippen LogP contribution in [0, 0.1) is 4.77 Å². The minimum atomic E-state index is -0.176. The molecule has 4 rings (SSSR count). The fourth-order valence-corrected chi connectivity index (χ4v) is 3.06. The van der Waals surface area contributed by atoms with E-state index in [0.717, 1.165) is 16.5 Å². The lowest BCUT2D eigenvalue weighted by molar-refractivity contribution is 0.697. The number of fused-ring (bicyclic) bond motifs is 2. The molecule has 3 heterocycles. The van der Waals surface area contributed by atoms with E-state index in [1.54, 1.807) is 4.57 Å². The number of nitrogens with zero attached hydrogens (tertiary/aromatic N) is 5. The smallest absolute Gasteiger partial charge is 0.281 e. The van der Waals surface area contributed by atoms with Gasteiger partial charge in [0.2, 0.25) is 4.77 Å². The van der Waals surface area contributed by atoms with E-state index in [0.29, 0.717) is 22.8 Å². The molecule has 0 fully saturated rings. The molecule has 3 aromatic heterocycles. The molecule has 0 aliphatic carbocycles. The van der Waals surface area contributed by atoms with Crippen LogP contribution in [0.5, 0.6) is 0 Å². The van der Waals surface area contributed by atoms with Crippen LogP contribution in [-0.4, -0.2) is 28.9 Å². The van der Waals surface area contributed by atoms with Crippen molar-refractivity contribution in [3.8, 4) is 11.3 Å². The van der Waals surface area contributed by atoms with Crippen molar-refractivity contribution in [2.75, 3.05) is 0 Å². The lowest BCUT2D eigenvalue weighted by Gasteiger charge is -2.06. The van der Waals surface area contributed by atoms with Crippen LogP contribution in [0.25, 0.3) is 27.9 Å². The Labute approximate surface area is 135 Å². The van der Waals surface area contributed by atoms with E-state index >= 15 is 0 Å². The van der Waals surface area contributed by atoms with Crippen LogP contribution in [-0.2, 0) is 13.6 Å². The van der Waals surface area contributed by atoms with Gasteiger partial charge in [0.25, 0.3) is 11.3 Å². The van der Waals surface area contributed by atoms with Crippen molar-refractivity contribution < 1.29 is 0 Å². The molecule has 23 heavy (non-hydrogen) atoms. The van der Waals surface area contributed by atoms with Crippen molar-refractivity contribution in [3.63, 3.8) is 0 Å². The number of H-pyrrole nitrogens is 1. The molecular weight excluding hydrogens is 312 g/mol. The molecule has 0 spiro atoms. The van der Waals surface area contributed by atoms with Gasteiger partial charge < -0.3 is 4.57 Å². The highest BCUT2D eigenvalue weighted by molar-refractivity contribution is 7.71. The summed E-state index contributed by atoms with van der Waals surface area (Å²) < 4.78 is 5.41. The first-order valence-electron chi connectivity index (χ1n) is 7.24. The molecule has 0 saturated heterocycles. The Bertz CT molecular complexity index is 1160. The van der Waals surface area contributed by atoms with Crippen molar-refractivity contribution in [2.24, 2.45) is 7.05 Å². The second-order valence-electron chi connectivity index (χ2n) is 5.31. The Morgan fingerprint density at radius 2 is 2.09 bits per heavy atom. The highest BCUT2D eigenvalue weighted by Gasteiger charge is 2.18. The number of hydrogen-bond donors (Lipinski definition) is 1. The zero-order valence-corrected chi connectivity index (χ0v) is 13.5. The minimum absolute atomic E-state index is 0.176. The summed E-state index contributed by atoms with van der Waals surface area (Å²) >= 11 is 5.21. The number of rotatable bonds is 2. The second kappa shape index (κ2) is 4.88. The lowest BCUT2D eigenvalue weighted by atomic mass is 10.1. The fourth-order valence-electron chi connectivity index (χ4n) is 2.89. The largest absolute Gasteiger partial charge is 0.350 e. The number of benzene rings is 1. The third kappa shape index (κ3) is 1.88. The van der Waals surface area contributed by atoms with Crippen molar-refractivity contribution in [3.05, 3.63) is 45.6 Å². The molecule has 0 aliphatic heterocycles. The van der Waals surface area contributed by atoms with E-state index in [1.807, 2.05) is 49.0 Å². The zero-order valence-electron chi connectivity index (χ0n) is 12.6. The third-order valence-corrected chi connectivity index (χ3v) is 4.26. The Morgan fingerprint density at radius 1 is 1.30 bits per heavy atom. The summed E-state index contributed by atoms with van der Waals surface area (Å²) in [6, 6.07) is 7.92. The summed E-state index contributed by atoms with van der Waals surface area (Å²) in [5.41, 5.74) is 2.03. The van der Waals surface area contributed by atoms with Gasteiger partial charge in [0, 0.05) is 36.3 Å². The molecule has 0 atom stereocenters. The first kappa shape index (κ1) is 13.9. The van der Waals surface area contributed by atoms with Crippen LogP contribution < -0.4 is 5.56 Å². The van der Waals surface area contributed by atoms with E-state index in [4.69, 9.17) is 12.2 Å². The predicted octanol–water partition coefficient (Wildman–Crippen LogP) is 2.13. The first-order valence-corrected chi connectivity index (χ1v) is 7.65. The van der Waals surface area contributed by atoms with E-state index in [1.165, 1.54) is 4.52 Å². The fraction of sp³-hybridized carbons (Fsp3) is 0.200. The van der Waals surface area contributed by atoms with Crippen molar-refractivity contribution in [1.82, 2.24) is 28.9 Å². The highest BCUT2D eigenvalue weighted by Crippen LogP contribution is 2.27. The quantitative estimate of drug-likeness (QED) is 0.573. The van der Waals surface area contributed by atoms with Gasteiger partial charge in [-0.15, -0.1) is 5.10 Å². The van der Waals surface area contributed by atoms with Gasteiger partial charge in [-0.3, -0.25) is 9.36 Å². The number of hydrogen-bond acceptors (Lipinski definition) is 4. The van der Waals surface area contributed by atoms with Crippen LogP contribution in [0.2, 0.25) is 0 Å². The molecule has 116 valence electrons. The van der Waals surface area contributed by atoms with Gasteiger partial charge in [0.1, 0.15) is 0 Å². The molecule has 7 nitrogen and oxygen atoms in total. The summed E-state index contributed by atoms with van der Waals surface area (Å²) in [4.78, 5) is 12.9. The molecule has 0 amide bonds. The number of aromatic nitrogens is 6. The Hall–Kier alpha value is -2.74. The average Bonchev–Trinajstić information content (AvgIpc) is 3.08. The monoisotopic (exact) mass is 326 g/mol. The summed E-state index contributed by atoms with van der Waals surface area (Å²) in [7, 11) is 1.95. The summed E-state index contributed by atoms with van der Waals surface area (Å²) in [6.45, 7) is 2.38. The molecular formula is C15H14N6OS. The number of aromatic amines is 1. The van der Waals surface area contributed by atoms with E-state index in [2.05, 4.69) is 15.3 Å². The number of para-hydroxylation sites is 1. The zero-order chi connectivity index (χ0) is 16.1. The maximum Gasteiger partial charge on any atom is 0.281 e. The van der Waals surface area contributed by atoms with Gasteiger partial charge in [0.15, 0.2) is 5.69 Å². The molecule has 1 N–H and O–H groups in total. The number of nitrogens with one attached hydrogen (secondary N) is 1. The second-order valence-corrected chi connectivity index (χ2v) is 5.70. The molecule has 1 aromatic carbocycles. The SMILES string of the molecule is CCn1c(=O)c(-c2cn(C)c3ccccc23)nn2c(=S)[nH]nc12. The maximum atomic E-state index is 12.9. The standard InChI is InChI=1S/C15H14N6OS/c1-3-20-13(22)12(18-21-14(20)16-17-15(21)23)10-8-19(2)11-7-5-4-6-9(10)11/h4-8H,3H2,1-2H3,(H,17,23). The van der Waals surface area contributed by atoms with Crippen LogP contribution >= 0.6 is 12.2 Å². The maximum absolute atomic E-state index is 12.9. The minimum Gasteiger partial charge on any atom is -0.350 e. The molecule has 0 bridgehead atoms. The number of aryl methyl sites for hydroxylation is 2. The van der Waals surface area contributed by atoms with Crippen LogP contribution in [0.4, 0.5) is 0 Å². The average molecular weight is 326 g/mol. The van der Waals surface area contributed by atoms with Crippen LogP contribution in [0.1, 0.15) is 6.92 Å². The van der Waals surface area contributed by atoms with E-state index in [9.17, 15) is 4.79 Å². The summed E-state index contributed by atoms with van der Waals surface area (Å²) in [5, 5.41) is 12.2. The molecule has 8 heteroatoms.